The lowest BCUT2D eigenvalue weighted by molar-refractivity contribution is 0.0657. The molecule has 1 aliphatic heterocycles. The van der Waals surface area contributed by atoms with Crippen LogP contribution in [0, 0.1) is 6.92 Å². The summed E-state index contributed by atoms with van der Waals surface area (Å²) in [5.41, 5.74) is 1.18. The maximum atomic E-state index is 12.3. The van der Waals surface area contributed by atoms with Crippen LogP contribution in [0.5, 0.6) is 5.75 Å². The highest BCUT2D eigenvalue weighted by molar-refractivity contribution is 5.91. The van der Waals surface area contributed by atoms with Crippen LogP contribution in [0.1, 0.15) is 16.1 Å². The smallest absolute Gasteiger partial charge is 0.289 e. The van der Waals surface area contributed by atoms with Gasteiger partial charge in [0.05, 0.1) is 12.8 Å². The van der Waals surface area contributed by atoms with Gasteiger partial charge in [-0.25, -0.2) is 0 Å². The van der Waals surface area contributed by atoms with Gasteiger partial charge in [0.2, 0.25) is 0 Å². The Hall–Kier alpha value is -2.96. The van der Waals surface area contributed by atoms with Gasteiger partial charge in [0, 0.05) is 33.2 Å². The highest BCUT2D eigenvalue weighted by Crippen LogP contribution is 2.12. The summed E-state index contributed by atoms with van der Waals surface area (Å²) in [7, 11) is 1.77. The number of amides is 1. The number of furan rings is 1. The predicted octanol–water partition coefficient (Wildman–Crippen LogP) is 2.00. The maximum absolute atomic E-state index is 12.3. The van der Waals surface area contributed by atoms with Crippen molar-refractivity contribution >= 4 is 11.9 Å². The van der Waals surface area contributed by atoms with Gasteiger partial charge in [-0.1, -0.05) is 12.1 Å². The first-order valence-corrected chi connectivity index (χ1v) is 9.15. The Kier molecular flexibility index (Phi) is 6.35. The molecule has 3 rings (SSSR count). The number of carbonyl (C=O) groups is 1. The molecule has 0 unspecified atom stereocenters. The van der Waals surface area contributed by atoms with Crippen LogP contribution in [-0.2, 0) is 0 Å². The highest BCUT2D eigenvalue weighted by atomic mass is 16.5. The van der Waals surface area contributed by atoms with Crippen LogP contribution in [0.25, 0.3) is 0 Å². The van der Waals surface area contributed by atoms with Crippen LogP contribution in [0.3, 0.4) is 0 Å². The van der Waals surface area contributed by atoms with Gasteiger partial charge in [-0.2, -0.15) is 0 Å². The minimum absolute atomic E-state index is 0.0610. The van der Waals surface area contributed by atoms with Crippen molar-refractivity contribution in [1.82, 2.24) is 15.1 Å². The summed E-state index contributed by atoms with van der Waals surface area (Å²) in [6, 6.07) is 11.4. The monoisotopic (exact) mass is 370 g/mol. The van der Waals surface area contributed by atoms with Crippen LogP contribution in [0.15, 0.2) is 52.1 Å². The van der Waals surface area contributed by atoms with E-state index >= 15 is 0 Å². The van der Waals surface area contributed by atoms with E-state index in [-0.39, 0.29) is 5.91 Å². The quantitative estimate of drug-likeness (QED) is 0.495. The average Bonchev–Trinajstić information content (AvgIpc) is 3.23. The molecule has 2 heterocycles. The van der Waals surface area contributed by atoms with E-state index in [9.17, 15) is 4.79 Å². The third-order valence-electron chi connectivity index (χ3n) is 4.45. The van der Waals surface area contributed by atoms with Crippen molar-refractivity contribution in [2.75, 3.05) is 46.4 Å². The minimum Gasteiger partial charge on any atom is -0.492 e. The number of hydrogen-bond acceptors (Lipinski definition) is 4. The molecule has 7 heteroatoms. The van der Waals surface area contributed by atoms with Gasteiger partial charge in [0.15, 0.2) is 11.7 Å². The second-order valence-corrected chi connectivity index (χ2v) is 6.40. The van der Waals surface area contributed by atoms with Crippen molar-refractivity contribution in [3.63, 3.8) is 0 Å². The maximum Gasteiger partial charge on any atom is 0.289 e. The molecular formula is C20H26N4O3. The van der Waals surface area contributed by atoms with Gasteiger partial charge in [-0.3, -0.25) is 9.79 Å². The van der Waals surface area contributed by atoms with Crippen molar-refractivity contribution < 1.29 is 13.9 Å². The van der Waals surface area contributed by atoms with Gasteiger partial charge >= 0.3 is 0 Å². The number of aliphatic imine (C=N–C) groups is 1. The minimum atomic E-state index is -0.0610. The lowest BCUT2D eigenvalue weighted by Gasteiger charge is -2.36. The third kappa shape index (κ3) is 5.03. The first kappa shape index (κ1) is 18.8. The number of nitrogens with zero attached hydrogens (tertiary/aromatic N) is 3. The van der Waals surface area contributed by atoms with Crippen LogP contribution in [0.2, 0.25) is 0 Å². The molecule has 1 amide bonds. The van der Waals surface area contributed by atoms with E-state index in [0.29, 0.717) is 32.0 Å². The lowest BCUT2D eigenvalue weighted by Crippen LogP contribution is -2.54. The van der Waals surface area contributed by atoms with Crippen molar-refractivity contribution in [3.05, 3.63) is 54.0 Å². The van der Waals surface area contributed by atoms with Crippen molar-refractivity contribution in [2.24, 2.45) is 4.99 Å². The zero-order valence-corrected chi connectivity index (χ0v) is 15.9. The second kappa shape index (κ2) is 9.12. The number of benzene rings is 1. The molecular weight excluding hydrogens is 344 g/mol. The molecule has 0 aliphatic carbocycles. The highest BCUT2D eigenvalue weighted by Gasteiger charge is 2.24. The molecule has 0 saturated carbocycles. The van der Waals surface area contributed by atoms with Gasteiger partial charge in [-0.05, 0) is 36.8 Å². The predicted molar refractivity (Wildman–Crippen MR) is 104 cm³/mol. The fourth-order valence-corrected chi connectivity index (χ4v) is 3.05. The molecule has 0 bridgehead atoms. The number of ether oxygens (including phenoxy) is 1. The summed E-state index contributed by atoms with van der Waals surface area (Å²) in [4.78, 5) is 20.6. The van der Waals surface area contributed by atoms with E-state index in [2.05, 4.69) is 15.2 Å². The first-order chi connectivity index (χ1) is 13.2. The number of piperazine rings is 1. The number of aryl methyl sites for hydroxylation is 1. The summed E-state index contributed by atoms with van der Waals surface area (Å²) in [6.45, 7) is 5.99. The van der Waals surface area contributed by atoms with Crippen molar-refractivity contribution in [3.8, 4) is 5.75 Å². The molecule has 0 atom stereocenters. The average molecular weight is 370 g/mol. The molecule has 1 aliphatic rings. The molecule has 27 heavy (non-hydrogen) atoms. The molecule has 1 saturated heterocycles. The third-order valence-corrected chi connectivity index (χ3v) is 4.45. The number of nitrogens with one attached hydrogen (secondary N) is 1. The van der Waals surface area contributed by atoms with Crippen molar-refractivity contribution in [2.45, 2.75) is 6.92 Å². The number of guanidine groups is 1. The molecule has 7 nitrogen and oxygen atoms in total. The summed E-state index contributed by atoms with van der Waals surface area (Å²) < 4.78 is 11.0. The zero-order chi connectivity index (χ0) is 19.1. The lowest BCUT2D eigenvalue weighted by atomic mass is 10.2. The van der Waals surface area contributed by atoms with Gasteiger partial charge in [0.1, 0.15) is 12.4 Å². The van der Waals surface area contributed by atoms with Crippen LogP contribution < -0.4 is 10.1 Å². The fourth-order valence-electron chi connectivity index (χ4n) is 3.05. The Morgan fingerprint density at radius 2 is 1.96 bits per heavy atom. The zero-order valence-electron chi connectivity index (χ0n) is 15.9. The summed E-state index contributed by atoms with van der Waals surface area (Å²) in [5, 5.41) is 3.32. The Bertz CT molecular complexity index is 765. The normalized spacial score (nSPS) is 15.0. The van der Waals surface area contributed by atoms with Gasteiger partial charge < -0.3 is 24.3 Å². The topological polar surface area (TPSA) is 70.3 Å². The summed E-state index contributed by atoms with van der Waals surface area (Å²) in [6.07, 6.45) is 1.52. The van der Waals surface area contributed by atoms with Gasteiger partial charge in [-0.15, -0.1) is 0 Å². The molecule has 1 aromatic heterocycles. The van der Waals surface area contributed by atoms with E-state index in [0.717, 1.165) is 24.8 Å². The van der Waals surface area contributed by atoms with E-state index in [1.54, 1.807) is 19.2 Å². The summed E-state index contributed by atoms with van der Waals surface area (Å²) >= 11 is 0. The molecule has 144 valence electrons. The fraction of sp³-hybridized carbons (Fsp3) is 0.400. The molecule has 1 aromatic carbocycles. The number of rotatable bonds is 5. The molecule has 2 aromatic rings. The van der Waals surface area contributed by atoms with Crippen molar-refractivity contribution in [1.29, 1.82) is 0 Å². The van der Waals surface area contributed by atoms with Crippen LogP contribution in [0.4, 0.5) is 0 Å². The molecule has 1 fully saturated rings. The number of hydrogen-bond donors (Lipinski definition) is 1. The largest absolute Gasteiger partial charge is 0.492 e. The first-order valence-electron chi connectivity index (χ1n) is 9.15. The molecule has 0 radical (unpaired) electrons. The standard InChI is InChI=1S/C20H26N4O3/c1-16-5-3-6-17(15-16)26-14-8-22-20(21-2)24-11-9-23(10-12-24)19(25)18-7-4-13-27-18/h3-7,13,15H,8-12,14H2,1-2H3,(H,21,22). The van der Waals surface area contributed by atoms with Crippen LogP contribution in [-0.4, -0.2) is 68.0 Å². The SMILES string of the molecule is CN=C(NCCOc1cccc(C)c1)N1CCN(C(=O)c2ccco2)CC1. The Balaban J connectivity index is 1.42. The van der Waals surface area contributed by atoms with E-state index in [1.165, 1.54) is 11.8 Å². The molecule has 1 N–H and O–H groups in total. The van der Waals surface area contributed by atoms with Crippen LogP contribution >= 0.6 is 0 Å². The second-order valence-electron chi connectivity index (χ2n) is 6.40. The number of carbonyl (C=O) groups excluding carboxylic acids is 1. The van der Waals surface area contributed by atoms with E-state index in [4.69, 9.17) is 9.15 Å². The van der Waals surface area contributed by atoms with E-state index in [1.807, 2.05) is 36.1 Å². The van der Waals surface area contributed by atoms with Gasteiger partial charge in [0.25, 0.3) is 5.91 Å². The Labute approximate surface area is 159 Å². The summed E-state index contributed by atoms with van der Waals surface area (Å²) in [5.74, 6) is 2.03. The molecule has 0 spiro atoms. The Morgan fingerprint density at radius 3 is 2.63 bits per heavy atom. The Morgan fingerprint density at radius 1 is 1.19 bits per heavy atom. The van der Waals surface area contributed by atoms with E-state index < -0.39 is 0 Å².